The van der Waals surface area contributed by atoms with E-state index in [1.54, 1.807) is 6.21 Å². The number of rotatable bonds is 10. The number of oxime groups is 1. The van der Waals surface area contributed by atoms with Crippen LogP contribution < -0.4 is 10.1 Å². The van der Waals surface area contributed by atoms with Crippen LogP contribution in [0, 0.1) is 0 Å². The lowest BCUT2D eigenvalue weighted by atomic mass is 10.1. The van der Waals surface area contributed by atoms with E-state index >= 15 is 0 Å². The van der Waals surface area contributed by atoms with E-state index in [2.05, 4.69) is 22.6 Å². The van der Waals surface area contributed by atoms with Gasteiger partial charge in [-0.05, 0) is 44.4 Å². The molecule has 0 bridgehead atoms. The molecule has 0 radical (unpaired) electrons. The van der Waals surface area contributed by atoms with Gasteiger partial charge in [-0.1, -0.05) is 47.6 Å². The van der Waals surface area contributed by atoms with Crippen LogP contribution in [0.4, 0.5) is 0 Å². The third-order valence-electron chi connectivity index (χ3n) is 3.80. The summed E-state index contributed by atoms with van der Waals surface area (Å²) < 4.78 is 5.51. The molecular formula is C21H26N2O3. The van der Waals surface area contributed by atoms with Crippen molar-refractivity contribution in [1.29, 1.82) is 0 Å². The maximum Gasteiger partial charge on any atom is 0.260 e. The number of para-hydroxylation sites is 1. The van der Waals surface area contributed by atoms with Gasteiger partial charge < -0.3 is 14.9 Å². The predicted molar refractivity (Wildman–Crippen MR) is 104 cm³/mol. The number of amides is 1. The smallest absolute Gasteiger partial charge is 0.260 e. The van der Waals surface area contributed by atoms with Crippen LogP contribution in [0.2, 0.25) is 0 Å². The number of benzene rings is 2. The van der Waals surface area contributed by atoms with Crippen LogP contribution in [0.3, 0.4) is 0 Å². The Bertz CT molecular complexity index is 701. The van der Waals surface area contributed by atoms with Crippen molar-refractivity contribution in [1.82, 2.24) is 5.32 Å². The van der Waals surface area contributed by atoms with E-state index in [0.29, 0.717) is 6.61 Å². The second-order valence-corrected chi connectivity index (χ2v) is 5.97. The Morgan fingerprint density at radius 3 is 2.65 bits per heavy atom. The number of nitrogens with zero attached hydrogens (tertiary/aromatic N) is 1. The molecule has 2 rings (SSSR count). The quantitative estimate of drug-likeness (QED) is 0.524. The summed E-state index contributed by atoms with van der Waals surface area (Å²) in [5.41, 5.74) is 2.08. The first kappa shape index (κ1) is 19.5. The fourth-order valence-electron chi connectivity index (χ4n) is 2.48. The molecular weight excluding hydrogens is 328 g/mol. The Morgan fingerprint density at radius 2 is 1.88 bits per heavy atom. The Hall–Kier alpha value is -2.82. The molecule has 0 heterocycles. The maximum absolute atomic E-state index is 11.9. The van der Waals surface area contributed by atoms with Gasteiger partial charge in [0.25, 0.3) is 5.91 Å². The third kappa shape index (κ3) is 6.97. The van der Waals surface area contributed by atoms with Crippen LogP contribution >= 0.6 is 0 Å². The molecule has 2 aromatic carbocycles. The van der Waals surface area contributed by atoms with Gasteiger partial charge in [-0.3, -0.25) is 4.79 Å². The third-order valence-corrected chi connectivity index (χ3v) is 3.80. The topological polar surface area (TPSA) is 59.9 Å². The molecule has 0 aliphatic heterocycles. The van der Waals surface area contributed by atoms with Crippen molar-refractivity contribution in [3.05, 3.63) is 65.7 Å². The van der Waals surface area contributed by atoms with Crippen molar-refractivity contribution in [3.8, 4) is 5.75 Å². The number of carbonyl (C=O) groups is 1. The molecule has 1 N–H and O–H groups in total. The Morgan fingerprint density at radius 1 is 1.15 bits per heavy atom. The highest BCUT2D eigenvalue weighted by atomic mass is 16.6. The molecule has 1 amide bonds. The zero-order valence-electron chi connectivity index (χ0n) is 15.4. The maximum atomic E-state index is 11.9. The number of nitrogens with one attached hydrogen (secondary N) is 1. The molecule has 2 aromatic rings. The molecule has 5 heteroatoms. The summed E-state index contributed by atoms with van der Waals surface area (Å²) in [7, 11) is 0. The summed E-state index contributed by atoms with van der Waals surface area (Å²) in [4.78, 5) is 17.0. The van der Waals surface area contributed by atoms with Crippen molar-refractivity contribution in [2.75, 3.05) is 13.2 Å². The predicted octanol–water partition coefficient (Wildman–Crippen LogP) is 3.57. The number of carbonyl (C=O) groups excluding carboxylic acids is 1. The minimum atomic E-state index is -0.180. The first-order chi connectivity index (χ1) is 12.7. The van der Waals surface area contributed by atoms with Gasteiger partial charge in [0.05, 0.1) is 12.8 Å². The summed E-state index contributed by atoms with van der Waals surface area (Å²) in [6.45, 7) is 4.38. The van der Waals surface area contributed by atoms with Gasteiger partial charge in [0.2, 0.25) is 0 Å². The minimum Gasteiger partial charge on any atom is -0.493 e. The van der Waals surface area contributed by atoms with E-state index in [9.17, 15) is 4.79 Å². The molecule has 0 spiro atoms. The van der Waals surface area contributed by atoms with Crippen molar-refractivity contribution < 1.29 is 14.4 Å². The largest absolute Gasteiger partial charge is 0.493 e. The average molecular weight is 354 g/mol. The first-order valence-electron chi connectivity index (χ1n) is 8.89. The standard InChI is InChI=1S/C21H26N2O3/c1-3-25-20-12-8-7-11-19(20)15-22-26-16-21(24)23-17(2)13-14-18-9-5-4-6-10-18/h4-12,15,17H,3,13-14,16H2,1-2H3,(H,23,24)/b22-15-/t17-/m1/s1. The number of hydrogen-bond donors (Lipinski definition) is 1. The van der Waals surface area contributed by atoms with Gasteiger partial charge >= 0.3 is 0 Å². The molecule has 0 aliphatic carbocycles. The molecule has 0 aromatic heterocycles. The van der Waals surface area contributed by atoms with Crippen LogP contribution in [0.5, 0.6) is 5.75 Å². The second kappa shape index (κ2) is 10.9. The second-order valence-electron chi connectivity index (χ2n) is 5.97. The molecule has 138 valence electrons. The molecule has 26 heavy (non-hydrogen) atoms. The highest BCUT2D eigenvalue weighted by molar-refractivity contribution is 5.83. The van der Waals surface area contributed by atoms with Crippen LogP contribution in [0.1, 0.15) is 31.4 Å². The summed E-state index contributed by atoms with van der Waals surface area (Å²) in [6.07, 6.45) is 3.35. The average Bonchev–Trinajstić information content (AvgIpc) is 2.66. The lowest BCUT2D eigenvalue weighted by Crippen LogP contribution is -2.35. The van der Waals surface area contributed by atoms with E-state index in [-0.39, 0.29) is 18.6 Å². The normalized spacial score (nSPS) is 11.9. The summed E-state index contributed by atoms with van der Waals surface area (Å²) in [5.74, 6) is 0.558. The summed E-state index contributed by atoms with van der Waals surface area (Å²) >= 11 is 0. The highest BCUT2D eigenvalue weighted by Gasteiger charge is 2.08. The van der Waals surface area contributed by atoms with E-state index in [1.807, 2.05) is 56.3 Å². The molecule has 0 aliphatic rings. The molecule has 0 saturated heterocycles. The van der Waals surface area contributed by atoms with Gasteiger partial charge in [-0.2, -0.15) is 0 Å². The number of ether oxygens (including phenoxy) is 1. The minimum absolute atomic E-state index is 0.0777. The van der Waals surface area contributed by atoms with Gasteiger partial charge in [-0.25, -0.2) is 0 Å². The Kier molecular flexibility index (Phi) is 8.19. The van der Waals surface area contributed by atoms with Gasteiger partial charge in [0.1, 0.15) is 5.75 Å². The fraction of sp³-hybridized carbons (Fsp3) is 0.333. The van der Waals surface area contributed by atoms with Gasteiger partial charge in [0, 0.05) is 11.6 Å². The number of aryl methyl sites for hydroxylation is 1. The Labute approximate surface area is 155 Å². The molecule has 1 atom stereocenters. The van der Waals surface area contributed by atoms with Gasteiger partial charge in [0.15, 0.2) is 6.61 Å². The molecule has 0 unspecified atom stereocenters. The van der Waals surface area contributed by atoms with Crippen LogP contribution in [0.15, 0.2) is 59.8 Å². The molecule has 0 saturated carbocycles. The SMILES string of the molecule is CCOc1ccccc1/C=N\OCC(=O)N[C@H](C)CCc1ccccc1. The first-order valence-corrected chi connectivity index (χ1v) is 8.89. The van der Waals surface area contributed by atoms with E-state index in [4.69, 9.17) is 9.57 Å². The number of hydrogen-bond acceptors (Lipinski definition) is 4. The van der Waals surface area contributed by atoms with Crippen molar-refractivity contribution in [2.45, 2.75) is 32.7 Å². The van der Waals surface area contributed by atoms with E-state index in [0.717, 1.165) is 24.2 Å². The lowest BCUT2D eigenvalue weighted by molar-refractivity contribution is -0.126. The Balaban J connectivity index is 1.70. The summed E-state index contributed by atoms with van der Waals surface area (Å²) in [5, 5.41) is 6.78. The van der Waals surface area contributed by atoms with Crippen molar-refractivity contribution in [2.24, 2.45) is 5.16 Å². The zero-order valence-corrected chi connectivity index (χ0v) is 15.4. The highest BCUT2D eigenvalue weighted by Crippen LogP contribution is 2.15. The van der Waals surface area contributed by atoms with Crippen molar-refractivity contribution in [3.63, 3.8) is 0 Å². The fourth-order valence-corrected chi connectivity index (χ4v) is 2.48. The van der Waals surface area contributed by atoms with Crippen LogP contribution in [0.25, 0.3) is 0 Å². The van der Waals surface area contributed by atoms with E-state index < -0.39 is 0 Å². The zero-order chi connectivity index (χ0) is 18.6. The molecule has 0 fully saturated rings. The van der Waals surface area contributed by atoms with Gasteiger partial charge in [-0.15, -0.1) is 0 Å². The van der Waals surface area contributed by atoms with E-state index in [1.165, 1.54) is 5.56 Å². The van der Waals surface area contributed by atoms with Crippen molar-refractivity contribution >= 4 is 12.1 Å². The van der Waals surface area contributed by atoms with Crippen LogP contribution in [-0.4, -0.2) is 31.4 Å². The van der Waals surface area contributed by atoms with Crippen LogP contribution in [-0.2, 0) is 16.1 Å². The molecule has 5 nitrogen and oxygen atoms in total. The summed E-state index contributed by atoms with van der Waals surface area (Å²) in [6, 6.07) is 17.8. The monoisotopic (exact) mass is 354 g/mol. The lowest BCUT2D eigenvalue weighted by Gasteiger charge is -2.13.